The molecule has 0 aliphatic rings. The maximum absolute atomic E-state index is 13.2. The number of carbonyl (C=O) groups is 1. The molecular weight excluding hydrogens is 285 g/mol. The van der Waals surface area contributed by atoms with E-state index >= 15 is 0 Å². The van der Waals surface area contributed by atoms with Gasteiger partial charge < -0.3 is 14.8 Å². The summed E-state index contributed by atoms with van der Waals surface area (Å²) in [5.41, 5.74) is 1.37. The van der Waals surface area contributed by atoms with E-state index in [2.05, 4.69) is 5.32 Å². The predicted molar refractivity (Wildman–Crippen MR) is 82.9 cm³/mol. The van der Waals surface area contributed by atoms with Gasteiger partial charge in [0.15, 0.2) is 0 Å². The third-order valence-corrected chi connectivity index (χ3v) is 3.24. The average molecular weight is 303 g/mol. The molecular formula is C17H18FNO3. The summed E-state index contributed by atoms with van der Waals surface area (Å²) < 4.78 is 23.4. The van der Waals surface area contributed by atoms with Crippen molar-refractivity contribution < 1.29 is 18.7 Å². The third kappa shape index (κ3) is 4.22. The summed E-state index contributed by atoms with van der Waals surface area (Å²) in [7, 11) is 3.08. The molecule has 0 aliphatic carbocycles. The van der Waals surface area contributed by atoms with E-state index < -0.39 is 5.82 Å². The monoisotopic (exact) mass is 303 g/mol. The summed E-state index contributed by atoms with van der Waals surface area (Å²) in [6.07, 6.45) is 0.888. The molecule has 0 bridgehead atoms. The molecule has 4 nitrogen and oxygen atoms in total. The number of aryl methyl sites for hydroxylation is 1. The molecule has 0 atom stereocenters. The maximum atomic E-state index is 13.2. The number of anilines is 1. The number of amides is 1. The first-order valence-corrected chi connectivity index (χ1v) is 6.88. The van der Waals surface area contributed by atoms with Crippen LogP contribution < -0.4 is 14.8 Å². The van der Waals surface area contributed by atoms with Gasteiger partial charge in [-0.25, -0.2) is 4.39 Å². The number of hydrogen-bond acceptors (Lipinski definition) is 3. The van der Waals surface area contributed by atoms with Crippen LogP contribution in [0.4, 0.5) is 10.1 Å². The Morgan fingerprint density at radius 1 is 1.09 bits per heavy atom. The van der Waals surface area contributed by atoms with Gasteiger partial charge in [0.1, 0.15) is 17.3 Å². The van der Waals surface area contributed by atoms with Crippen LogP contribution in [0.5, 0.6) is 11.5 Å². The standard InChI is InChI=1S/C17H18FNO3/c1-21-14-7-3-12(4-8-14)5-10-17(20)19-15-11-13(18)6-9-16(15)22-2/h3-4,6-9,11H,5,10H2,1-2H3,(H,19,20). The zero-order valence-electron chi connectivity index (χ0n) is 12.6. The maximum Gasteiger partial charge on any atom is 0.224 e. The molecule has 0 saturated carbocycles. The van der Waals surface area contributed by atoms with Crippen LogP contribution in [0.15, 0.2) is 42.5 Å². The molecule has 116 valence electrons. The second-order valence-electron chi connectivity index (χ2n) is 4.74. The fourth-order valence-corrected chi connectivity index (χ4v) is 2.04. The Morgan fingerprint density at radius 3 is 2.45 bits per heavy atom. The van der Waals surface area contributed by atoms with Crippen molar-refractivity contribution in [2.24, 2.45) is 0 Å². The van der Waals surface area contributed by atoms with Crippen molar-refractivity contribution in [1.29, 1.82) is 0 Å². The number of ether oxygens (including phenoxy) is 2. The van der Waals surface area contributed by atoms with Crippen LogP contribution in [0.2, 0.25) is 0 Å². The van der Waals surface area contributed by atoms with Crippen LogP contribution >= 0.6 is 0 Å². The van der Waals surface area contributed by atoms with E-state index in [1.54, 1.807) is 7.11 Å². The predicted octanol–water partition coefficient (Wildman–Crippen LogP) is 3.41. The molecule has 2 rings (SSSR count). The first-order chi connectivity index (χ1) is 10.6. The molecule has 1 N–H and O–H groups in total. The lowest BCUT2D eigenvalue weighted by Crippen LogP contribution is -2.13. The van der Waals surface area contributed by atoms with Crippen molar-refractivity contribution in [3.05, 3.63) is 53.8 Å². The quantitative estimate of drug-likeness (QED) is 0.889. The van der Waals surface area contributed by atoms with Crippen LogP contribution in [-0.4, -0.2) is 20.1 Å². The van der Waals surface area contributed by atoms with Crippen molar-refractivity contribution in [2.45, 2.75) is 12.8 Å². The van der Waals surface area contributed by atoms with Gasteiger partial charge >= 0.3 is 0 Å². The van der Waals surface area contributed by atoms with Gasteiger partial charge in [-0.3, -0.25) is 4.79 Å². The lowest BCUT2D eigenvalue weighted by molar-refractivity contribution is -0.116. The molecule has 0 saturated heterocycles. The second-order valence-corrected chi connectivity index (χ2v) is 4.74. The van der Waals surface area contributed by atoms with Crippen molar-refractivity contribution in [1.82, 2.24) is 0 Å². The van der Waals surface area contributed by atoms with E-state index in [-0.39, 0.29) is 5.91 Å². The van der Waals surface area contributed by atoms with Crippen LogP contribution in [0.25, 0.3) is 0 Å². The molecule has 0 aromatic heterocycles. The minimum Gasteiger partial charge on any atom is -0.497 e. The first kappa shape index (κ1) is 15.8. The van der Waals surface area contributed by atoms with Crippen molar-refractivity contribution in [3.63, 3.8) is 0 Å². The van der Waals surface area contributed by atoms with Gasteiger partial charge in [-0.2, -0.15) is 0 Å². The summed E-state index contributed by atoms with van der Waals surface area (Å²) in [6.45, 7) is 0. The van der Waals surface area contributed by atoms with Crippen molar-refractivity contribution >= 4 is 11.6 Å². The molecule has 22 heavy (non-hydrogen) atoms. The molecule has 0 fully saturated rings. The SMILES string of the molecule is COc1ccc(CCC(=O)Nc2cc(F)ccc2OC)cc1. The van der Waals surface area contributed by atoms with Gasteiger partial charge in [0.05, 0.1) is 19.9 Å². The summed E-state index contributed by atoms with van der Waals surface area (Å²) in [6, 6.07) is 11.5. The highest BCUT2D eigenvalue weighted by Gasteiger charge is 2.09. The molecule has 0 radical (unpaired) electrons. The minimum absolute atomic E-state index is 0.195. The van der Waals surface area contributed by atoms with Crippen LogP contribution in [0.1, 0.15) is 12.0 Å². The van der Waals surface area contributed by atoms with Gasteiger partial charge in [0.2, 0.25) is 5.91 Å². The summed E-state index contributed by atoms with van der Waals surface area (Å²) in [4.78, 5) is 12.0. The van der Waals surface area contributed by atoms with E-state index in [9.17, 15) is 9.18 Å². The third-order valence-electron chi connectivity index (χ3n) is 3.24. The number of halogens is 1. The molecule has 1 amide bonds. The fraction of sp³-hybridized carbons (Fsp3) is 0.235. The molecule has 2 aromatic carbocycles. The number of nitrogens with one attached hydrogen (secondary N) is 1. The number of carbonyl (C=O) groups excluding carboxylic acids is 1. The lowest BCUT2D eigenvalue weighted by atomic mass is 10.1. The molecule has 2 aromatic rings. The topological polar surface area (TPSA) is 47.6 Å². The van der Waals surface area contributed by atoms with E-state index in [1.165, 1.54) is 25.3 Å². The summed E-state index contributed by atoms with van der Waals surface area (Å²) in [5, 5.41) is 2.67. The Bertz CT molecular complexity index is 641. The molecule has 0 spiro atoms. The Labute approximate surface area is 128 Å². The highest BCUT2D eigenvalue weighted by atomic mass is 19.1. The Balaban J connectivity index is 1.94. The van der Waals surface area contributed by atoms with E-state index in [0.717, 1.165) is 11.3 Å². The van der Waals surface area contributed by atoms with Crippen LogP contribution in [0, 0.1) is 5.82 Å². The second kappa shape index (κ2) is 7.45. The average Bonchev–Trinajstić information content (AvgIpc) is 2.53. The van der Waals surface area contributed by atoms with Crippen molar-refractivity contribution in [2.75, 3.05) is 19.5 Å². The number of hydrogen-bond donors (Lipinski definition) is 1. The van der Waals surface area contributed by atoms with Crippen LogP contribution in [-0.2, 0) is 11.2 Å². The van der Waals surface area contributed by atoms with Crippen LogP contribution in [0.3, 0.4) is 0 Å². The smallest absolute Gasteiger partial charge is 0.224 e. The zero-order chi connectivity index (χ0) is 15.9. The Morgan fingerprint density at radius 2 is 1.82 bits per heavy atom. The Kier molecular flexibility index (Phi) is 5.36. The minimum atomic E-state index is -0.425. The number of rotatable bonds is 6. The summed E-state index contributed by atoms with van der Waals surface area (Å²) in [5.74, 6) is 0.586. The first-order valence-electron chi connectivity index (χ1n) is 6.88. The Hall–Kier alpha value is -2.56. The fourth-order valence-electron chi connectivity index (χ4n) is 2.04. The van der Waals surface area contributed by atoms with E-state index in [1.807, 2.05) is 24.3 Å². The van der Waals surface area contributed by atoms with E-state index in [4.69, 9.17) is 9.47 Å². The zero-order valence-corrected chi connectivity index (χ0v) is 12.6. The highest BCUT2D eigenvalue weighted by Crippen LogP contribution is 2.25. The lowest BCUT2D eigenvalue weighted by Gasteiger charge is -2.10. The van der Waals surface area contributed by atoms with Gasteiger partial charge in [0.25, 0.3) is 0 Å². The number of benzene rings is 2. The number of methoxy groups -OCH3 is 2. The van der Waals surface area contributed by atoms with Gasteiger partial charge in [-0.15, -0.1) is 0 Å². The van der Waals surface area contributed by atoms with Crippen molar-refractivity contribution in [3.8, 4) is 11.5 Å². The highest BCUT2D eigenvalue weighted by molar-refractivity contribution is 5.92. The normalized spacial score (nSPS) is 10.1. The van der Waals surface area contributed by atoms with Gasteiger partial charge in [-0.1, -0.05) is 12.1 Å². The van der Waals surface area contributed by atoms with E-state index in [0.29, 0.717) is 24.3 Å². The molecule has 0 aliphatic heterocycles. The molecule has 5 heteroatoms. The molecule has 0 unspecified atom stereocenters. The largest absolute Gasteiger partial charge is 0.497 e. The summed E-state index contributed by atoms with van der Waals surface area (Å²) >= 11 is 0. The van der Waals surface area contributed by atoms with Gasteiger partial charge in [0, 0.05) is 12.5 Å². The van der Waals surface area contributed by atoms with Gasteiger partial charge in [-0.05, 0) is 36.2 Å². The molecule has 0 heterocycles.